The van der Waals surface area contributed by atoms with Crippen molar-refractivity contribution in [2.75, 3.05) is 11.9 Å². The monoisotopic (exact) mass is 408 g/mol. The van der Waals surface area contributed by atoms with Gasteiger partial charge < -0.3 is 15.6 Å². The van der Waals surface area contributed by atoms with Crippen LogP contribution < -0.4 is 10.6 Å². The lowest BCUT2D eigenvalue weighted by Gasteiger charge is -2.21. The lowest BCUT2D eigenvalue weighted by Crippen LogP contribution is -2.40. The molecule has 0 spiro atoms. The lowest BCUT2D eigenvalue weighted by molar-refractivity contribution is -0.117. The number of amides is 1. The minimum absolute atomic E-state index is 0.0824. The molecule has 3 aromatic carbocycles. The molecule has 2 atom stereocenters. The maximum absolute atomic E-state index is 12.7. The summed E-state index contributed by atoms with van der Waals surface area (Å²) in [6.07, 6.45) is 2.05. The molecular weight excluding hydrogens is 384 g/mol. The van der Waals surface area contributed by atoms with Crippen molar-refractivity contribution in [1.29, 1.82) is 5.26 Å². The van der Waals surface area contributed by atoms with Crippen molar-refractivity contribution < 1.29 is 4.79 Å². The number of para-hydroxylation sites is 2. The third-order valence-corrected chi connectivity index (χ3v) is 5.53. The van der Waals surface area contributed by atoms with Gasteiger partial charge in [0.15, 0.2) is 0 Å². The molecule has 1 aromatic heterocycles. The standard InChI is InChI=1S/C26H24N4O/c1-18(26(31)30-24-13-7-5-11-20(24)15-27)28-16-22(19-9-3-2-4-10-19)23-17-29-25-14-8-6-12-21(23)25/h2-14,17-18,22,28-29H,16H2,1H3,(H,30,31)/t18-,22-/m0/s1. The number of aromatic amines is 1. The number of hydrogen-bond donors (Lipinski definition) is 3. The number of benzene rings is 3. The van der Waals surface area contributed by atoms with Gasteiger partial charge in [-0.25, -0.2) is 0 Å². The van der Waals surface area contributed by atoms with Gasteiger partial charge in [-0.1, -0.05) is 60.7 Å². The first-order valence-electron chi connectivity index (χ1n) is 10.3. The van der Waals surface area contributed by atoms with Crippen LogP contribution in [0.5, 0.6) is 0 Å². The van der Waals surface area contributed by atoms with Gasteiger partial charge >= 0.3 is 0 Å². The Kier molecular flexibility index (Phi) is 6.11. The van der Waals surface area contributed by atoms with Crippen LogP contribution in [0.3, 0.4) is 0 Å². The zero-order valence-electron chi connectivity index (χ0n) is 17.3. The third-order valence-electron chi connectivity index (χ3n) is 5.53. The first kappa shape index (κ1) is 20.4. The second-order valence-electron chi connectivity index (χ2n) is 7.53. The minimum atomic E-state index is -0.428. The number of hydrogen-bond acceptors (Lipinski definition) is 3. The molecule has 154 valence electrons. The summed E-state index contributed by atoms with van der Waals surface area (Å²) >= 11 is 0. The van der Waals surface area contributed by atoms with Crippen molar-refractivity contribution in [3.05, 3.63) is 102 Å². The van der Waals surface area contributed by atoms with Crippen molar-refractivity contribution in [2.45, 2.75) is 18.9 Å². The molecule has 0 saturated carbocycles. The molecule has 0 aliphatic rings. The van der Waals surface area contributed by atoms with Crippen LogP contribution in [0.4, 0.5) is 5.69 Å². The first-order chi connectivity index (χ1) is 15.2. The van der Waals surface area contributed by atoms with Crippen LogP contribution in [0.1, 0.15) is 29.5 Å². The van der Waals surface area contributed by atoms with Crippen molar-refractivity contribution in [3.63, 3.8) is 0 Å². The van der Waals surface area contributed by atoms with E-state index in [1.165, 1.54) is 16.5 Å². The maximum Gasteiger partial charge on any atom is 0.241 e. The molecule has 0 unspecified atom stereocenters. The van der Waals surface area contributed by atoms with E-state index >= 15 is 0 Å². The Hall–Kier alpha value is -3.88. The normalized spacial score (nSPS) is 12.8. The summed E-state index contributed by atoms with van der Waals surface area (Å²) in [4.78, 5) is 16.1. The summed E-state index contributed by atoms with van der Waals surface area (Å²) in [5.41, 5.74) is 4.44. The molecule has 4 rings (SSSR count). The van der Waals surface area contributed by atoms with Crippen molar-refractivity contribution in [1.82, 2.24) is 10.3 Å². The van der Waals surface area contributed by atoms with Crippen LogP contribution in [0, 0.1) is 11.3 Å². The van der Waals surface area contributed by atoms with Gasteiger partial charge in [-0.15, -0.1) is 0 Å². The number of carbonyl (C=O) groups is 1. The molecule has 31 heavy (non-hydrogen) atoms. The Morgan fingerprint density at radius 1 is 1.00 bits per heavy atom. The highest BCUT2D eigenvalue weighted by atomic mass is 16.2. The van der Waals surface area contributed by atoms with E-state index < -0.39 is 6.04 Å². The fraction of sp³-hybridized carbons (Fsp3) is 0.154. The van der Waals surface area contributed by atoms with Crippen LogP contribution >= 0.6 is 0 Å². The molecule has 0 fully saturated rings. The number of carbonyl (C=O) groups excluding carboxylic acids is 1. The van der Waals surface area contributed by atoms with E-state index in [0.29, 0.717) is 17.8 Å². The predicted molar refractivity (Wildman–Crippen MR) is 124 cm³/mol. The molecule has 0 saturated heterocycles. The number of nitrogens with one attached hydrogen (secondary N) is 3. The average molecular weight is 409 g/mol. The largest absolute Gasteiger partial charge is 0.361 e. The van der Waals surface area contributed by atoms with Gasteiger partial charge in [0.1, 0.15) is 6.07 Å². The van der Waals surface area contributed by atoms with E-state index in [4.69, 9.17) is 0 Å². The van der Waals surface area contributed by atoms with E-state index in [0.717, 1.165) is 5.52 Å². The molecule has 0 aliphatic carbocycles. The number of rotatable bonds is 7. The van der Waals surface area contributed by atoms with E-state index in [9.17, 15) is 10.1 Å². The van der Waals surface area contributed by atoms with Crippen molar-refractivity contribution in [3.8, 4) is 6.07 Å². The van der Waals surface area contributed by atoms with E-state index in [-0.39, 0.29) is 11.8 Å². The van der Waals surface area contributed by atoms with Gasteiger partial charge in [0.05, 0.1) is 17.3 Å². The number of aromatic nitrogens is 1. The second-order valence-corrected chi connectivity index (χ2v) is 7.53. The molecule has 0 aliphatic heterocycles. The minimum Gasteiger partial charge on any atom is -0.361 e. The van der Waals surface area contributed by atoms with Crippen LogP contribution in [-0.2, 0) is 4.79 Å². The SMILES string of the molecule is C[C@H](NC[C@@H](c1ccccc1)c1c[nH]c2ccccc12)C(=O)Nc1ccccc1C#N. The summed E-state index contributed by atoms with van der Waals surface area (Å²) in [6.45, 7) is 2.43. The Labute approximate surface area is 181 Å². The number of fused-ring (bicyclic) bond motifs is 1. The van der Waals surface area contributed by atoms with Crippen LogP contribution in [0.25, 0.3) is 10.9 Å². The summed E-state index contributed by atoms with van der Waals surface area (Å²) in [6, 6.07) is 27.2. The zero-order chi connectivity index (χ0) is 21.6. The van der Waals surface area contributed by atoms with Gasteiger partial charge in [0.25, 0.3) is 0 Å². The quantitative estimate of drug-likeness (QED) is 0.411. The highest BCUT2D eigenvalue weighted by Crippen LogP contribution is 2.30. The second kappa shape index (κ2) is 9.29. The molecule has 1 heterocycles. The van der Waals surface area contributed by atoms with Crippen molar-refractivity contribution >= 4 is 22.5 Å². The smallest absolute Gasteiger partial charge is 0.241 e. The van der Waals surface area contributed by atoms with Crippen LogP contribution in [-0.4, -0.2) is 23.5 Å². The molecule has 0 radical (unpaired) electrons. The van der Waals surface area contributed by atoms with E-state index in [1.54, 1.807) is 24.3 Å². The highest BCUT2D eigenvalue weighted by Gasteiger charge is 2.21. The summed E-state index contributed by atoms with van der Waals surface area (Å²) in [5.74, 6) is -0.0903. The van der Waals surface area contributed by atoms with E-state index in [1.807, 2.05) is 37.3 Å². The number of nitriles is 1. The molecular formula is C26H24N4O. The van der Waals surface area contributed by atoms with Crippen LogP contribution in [0.2, 0.25) is 0 Å². The maximum atomic E-state index is 12.7. The lowest BCUT2D eigenvalue weighted by atomic mass is 9.90. The van der Waals surface area contributed by atoms with Crippen LogP contribution in [0.15, 0.2) is 85.1 Å². The fourth-order valence-electron chi connectivity index (χ4n) is 3.79. The fourth-order valence-corrected chi connectivity index (χ4v) is 3.79. The van der Waals surface area contributed by atoms with Gasteiger partial charge in [-0.3, -0.25) is 4.79 Å². The summed E-state index contributed by atoms with van der Waals surface area (Å²) < 4.78 is 0. The topological polar surface area (TPSA) is 80.7 Å². The Balaban J connectivity index is 1.53. The average Bonchev–Trinajstić information content (AvgIpc) is 3.24. The third kappa shape index (κ3) is 4.50. The molecule has 1 amide bonds. The predicted octanol–water partition coefficient (Wildman–Crippen LogP) is 4.79. The zero-order valence-corrected chi connectivity index (χ0v) is 17.3. The van der Waals surface area contributed by atoms with Gasteiger partial charge in [-0.2, -0.15) is 5.26 Å². The molecule has 5 heteroatoms. The van der Waals surface area contributed by atoms with Gasteiger partial charge in [0, 0.05) is 29.6 Å². The Bertz CT molecular complexity index is 1220. The number of nitrogens with zero attached hydrogens (tertiary/aromatic N) is 1. The van der Waals surface area contributed by atoms with Gasteiger partial charge in [-0.05, 0) is 36.2 Å². The highest BCUT2D eigenvalue weighted by molar-refractivity contribution is 5.95. The molecule has 3 N–H and O–H groups in total. The molecule has 5 nitrogen and oxygen atoms in total. The molecule has 0 bridgehead atoms. The Morgan fingerprint density at radius 3 is 2.52 bits per heavy atom. The van der Waals surface area contributed by atoms with Crippen molar-refractivity contribution in [2.24, 2.45) is 0 Å². The van der Waals surface area contributed by atoms with E-state index in [2.05, 4.69) is 52.1 Å². The number of anilines is 1. The summed E-state index contributed by atoms with van der Waals surface area (Å²) in [7, 11) is 0. The molecule has 4 aromatic rings. The van der Waals surface area contributed by atoms with Gasteiger partial charge in [0.2, 0.25) is 5.91 Å². The first-order valence-corrected chi connectivity index (χ1v) is 10.3. The number of H-pyrrole nitrogens is 1. The summed E-state index contributed by atoms with van der Waals surface area (Å²) in [5, 5.41) is 16.7. The Morgan fingerprint density at radius 2 is 1.71 bits per heavy atom.